The van der Waals surface area contributed by atoms with Crippen molar-refractivity contribution in [1.29, 1.82) is 0 Å². The molecule has 1 unspecified atom stereocenters. The minimum atomic E-state index is -4.23. The lowest BCUT2D eigenvalue weighted by Crippen LogP contribution is -2.27. The molecule has 15 heavy (non-hydrogen) atoms. The fraction of sp³-hybridized carbons (Fsp3) is 0.222. The van der Waals surface area contributed by atoms with Gasteiger partial charge < -0.3 is 9.90 Å². The van der Waals surface area contributed by atoms with E-state index in [-0.39, 0.29) is 4.90 Å². The SMILES string of the molecule is CC(C(=O)[O-])c1ccc(S(=O)(=O)O)cc1. The van der Waals surface area contributed by atoms with E-state index in [9.17, 15) is 18.3 Å². The number of carboxylic acids is 1. The third-order valence-electron chi connectivity index (χ3n) is 2.03. The zero-order valence-corrected chi connectivity index (χ0v) is 8.69. The fourth-order valence-electron chi connectivity index (χ4n) is 1.06. The van der Waals surface area contributed by atoms with Crippen molar-refractivity contribution in [3.05, 3.63) is 29.8 Å². The Kier molecular flexibility index (Phi) is 3.11. The molecule has 6 heteroatoms. The van der Waals surface area contributed by atoms with Crippen LogP contribution in [0.1, 0.15) is 18.4 Å². The Morgan fingerprint density at radius 1 is 1.33 bits per heavy atom. The van der Waals surface area contributed by atoms with Crippen LogP contribution in [0.15, 0.2) is 29.2 Å². The largest absolute Gasteiger partial charge is 0.550 e. The van der Waals surface area contributed by atoms with Gasteiger partial charge in [0.25, 0.3) is 10.1 Å². The Bertz CT molecular complexity index is 460. The number of aliphatic carboxylic acids is 1. The van der Waals surface area contributed by atoms with Crippen molar-refractivity contribution in [1.82, 2.24) is 0 Å². The summed E-state index contributed by atoms with van der Waals surface area (Å²) in [6.45, 7) is 1.43. The van der Waals surface area contributed by atoms with Gasteiger partial charge in [0, 0.05) is 11.9 Å². The number of carboxylic acid groups (broad SMARTS) is 1. The molecule has 0 aromatic heterocycles. The summed E-state index contributed by atoms with van der Waals surface area (Å²) in [6.07, 6.45) is 0. The molecule has 0 aliphatic heterocycles. The molecule has 1 N–H and O–H groups in total. The summed E-state index contributed by atoms with van der Waals surface area (Å²) < 4.78 is 30.0. The van der Waals surface area contributed by atoms with Gasteiger partial charge >= 0.3 is 0 Å². The Balaban J connectivity index is 3.06. The molecule has 0 bridgehead atoms. The van der Waals surface area contributed by atoms with Crippen LogP contribution in [0.25, 0.3) is 0 Å². The van der Waals surface area contributed by atoms with Crippen molar-refractivity contribution >= 4 is 16.1 Å². The zero-order chi connectivity index (χ0) is 11.6. The molecule has 0 aliphatic rings. The summed E-state index contributed by atoms with van der Waals surface area (Å²) in [5.74, 6) is -2.06. The molecule has 0 saturated carbocycles. The molecule has 0 aliphatic carbocycles. The second-order valence-electron chi connectivity index (χ2n) is 3.08. The molecule has 0 fully saturated rings. The highest BCUT2D eigenvalue weighted by Gasteiger charge is 2.11. The first-order chi connectivity index (χ1) is 6.82. The number of rotatable bonds is 3. The van der Waals surface area contributed by atoms with Gasteiger partial charge in [-0.15, -0.1) is 0 Å². The Hall–Kier alpha value is -1.40. The van der Waals surface area contributed by atoms with Crippen LogP contribution in [0.4, 0.5) is 0 Å². The van der Waals surface area contributed by atoms with Crippen molar-refractivity contribution in [3.63, 3.8) is 0 Å². The zero-order valence-electron chi connectivity index (χ0n) is 7.88. The van der Waals surface area contributed by atoms with Crippen LogP contribution < -0.4 is 5.11 Å². The van der Waals surface area contributed by atoms with Crippen LogP contribution in [-0.2, 0) is 14.9 Å². The molecule has 1 rings (SSSR count). The van der Waals surface area contributed by atoms with Gasteiger partial charge in [-0.1, -0.05) is 19.1 Å². The van der Waals surface area contributed by atoms with E-state index in [1.807, 2.05) is 0 Å². The van der Waals surface area contributed by atoms with E-state index >= 15 is 0 Å². The van der Waals surface area contributed by atoms with Gasteiger partial charge in [-0.2, -0.15) is 8.42 Å². The number of hydrogen-bond donors (Lipinski definition) is 1. The predicted octanol–water partition coefficient (Wildman–Crippen LogP) is -0.213. The van der Waals surface area contributed by atoms with Crippen LogP contribution >= 0.6 is 0 Å². The number of hydrogen-bond acceptors (Lipinski definition) is 4. The normalized spacial score (nSPS) is 13.5. The second kappa shape index (κ2) is 4.00. The van der Waals surface area contributed by atoms with Crippen LogP contribution in [-0.4, -0.2) is 18.9 Å². The van der Waals surface area contributed by atoms with Crippen molar-refractivity contribution in [3.8, 4) is 0 Å². The molecular formula is C9H9O5S-. The van der Waals surface area contributed by atoms with Gasteiger partial charge in [0.2, 0.25) is 0 Å². The minimum absolute atomic E-state index is 0.267. The Labute approximate surface area is 87.1 Å². The standard InChI is InChI=1S/C9H10O5S/c1-6(9(10)11)7-2-4-8(5-3-7)15(12,13)14/h2-6H,1H3,(H,10,11)(H,12,13,14)/p-1. The van der Waals surface area contributed by atoms with Crippen molar-refractivity contribution < 1.29 is 22.9 Å². The topological polar surface area (TPSA) is 94.5 Å². The van der Waals surface area contributed by atoms with E-state index in [4.69, 9.17) is 4.55 Å². The number of carbonyl (C=O) groups is 1. The Morgan fingerprint density at radius 2 is 1.80 bits per heavy atom. The maximum absolute atomic E-state index is 10.7. The van der Waals surface area contributed by atoms with Gasteiger partial charge in [-0.3, -0.25) is 4.55 Å². The fourth-order valence-corrected chi connectivity index (χ4v) is 1.54. The third kappa shape index (κ3) is 2.77. The highest BCUT2D eigenvalue weighted by Crippen LogP contribution is 2.17. The van der Waals surface area contributed by atoms with Gasteiger partial charge in [-0.05, 0) is 17.7 Å². The van der Waals surface area contributed by atoms with Gasteiger partial charge in [-0.25, -0.2) is 0 Å². The van der Waals surface area contributed by atoms with E-state index in [1.54, 1.807) is 0 Å². The lowest BCUT2D eigenvalue weighted by molar-refractivity contribution is -0.307. The first kappa shape index (κ1) is 11.7. The number of carbonyl (C=O) groups excluding carboxylic acids is 1. The molecule has 82 valence electrons. The van der Waals surface area contributed by atoms with Crippen molar-refractivity contribution in [2.75, 3.05) is 0 Å². The van der Waals surface area contributed by atoms with Crippen LogP contribution in [0.3, 0.4) is 0 Å². The quantitative estimate of drug-likeness (QED) is 0.723. The molecule has 1 aromatic carbocycles. The van der Waals surface area contributed by atoms with Gasteiger partial charge in [0.15, 0.2) is 0 Å². The van der Waals surface area contributed by atoms with E-state index < -0.39 is 22.0 Å². The van der Waals surface area contributed by atoms with Crippen molar-refractivity contribution in [2.45, 2.75) is 17.7 Å². The summed E-state index contributed by atoms with van der Waals surface area (Å²) in [6, 6.07) is 4.93. The van der Waals surface area contributed by atoms with E-state index in [2.05, 4.69) is 0 Å². The van der Waals surface area contributed by atoms with Crippen LogP contribution in [0, 0.1) is 0 Å². The molecule has 1 atom stereocenters. The Morgan fingerprint density at radius 3 is 2.13 bits per heavy atom. The van der Waals surface area contributed by atoms with Gasteiger partial charge in [0.1, 0.15) is 0 Å². The van der Waals surface area contributed by atoms with E-state index in [0.717, 1.165) is 12.1 Å². The average Bonchev–Trinajstić information content (AvgIpc) is 2.15. The van der Waals surface area contributed by atoms with E-state index in [1.165, 1.54) is 19.1 Å². The summed E-state index contributed by atoms with van der Waals surface area (Å²) in [5.41, 5.74) is 0.419. The van der Waals surface area contributed by atoms with E-state index in [0.29, 0.717) is 5.56 Å². The monoisotopic (exact) mass is 229 g/mol. The average molecular weight is 229 g/mol. The molecule has 0 saturated heterocycles. The van der Waals surface area contributed by atoms with Crippen LogP contribution in [0.2, 0.25) is 0 Å². The lowest BCUT2D eigenvalue weighted by Gasteiger charge is -2.12. The predicted molar refractivity (Wildman–Crippen MR) is 49.7 cm³/mol. The molecule has 0 radical (unpaired) electrons. The first-order valence-corrected chi connectivity index (χ1v) is 5.54. The lowest BCUT2D eigenvalue weighted by atomic mass is 10.0. The van der Waals surface area contributed by atoms with Gasteiger partial charge in [0.05, 0.1) is 4.90 Å². The highest BCUT2D eigenvalue weighted by molar-refractivity contribution is 7.85. The summed E-state index contributed by atoms with van der Waals surface area (Å²) in [7, 11) is -4.23. The smallest absolute Gasteiger partial charge is 0.294 e. The molecule has 0 heterocycles. The molecule has 0 amide bonds. The maximum atomic E-state index is 10.7. The summed E-state index contributed by atoms with van der Waals surface area (Å²) >= 11 is 0. The molecule has 0 spiro atoms. The summed E-state index contributed by atoms with van der Waals surface area (Å²) in [5, 5.41) is 10.5. The van der Waals surface area contributed by atoms with Crippen LogP contribution in [0.5, 0.6) is 0 Å². The maximum Gasteiger partial charge on any atom is 0.294 e. The second-order valence-corrected chi connectivity index (χ2v) is 4.51. The third-order valence-corrected chi connectivity index (χ3v) is 2.90. The molecular weight excluding hydrogens is 220 g/mol. The van der Waals surface area contributed by atoms with Crippen molar-refractivity contribution in [2.24, 2.45) is 0 Å². The minimum Gasteiger partial charge on any atom is -0.550 e. The molecule has 1 aromatic rings. The molecule has 5 nitrogen and oxygen atoms in total. The highest BCUT2D eigenvalue weighted by atomic mass is 32.2. The number of benzene rings is 1. The summed E-state index contributed by atoms with van der Waals surface area (Å²) in [4.78, 5) is 10.2. The first-order valence-electron chi connectivity index (χ1n) is 4.10.